The third-order valence-electron chi connectivity index (χ3n) is 3.49. The average molecular weight is 389 g/mol. The van der Waals surface area contributed by atoms with Gasteiger partial charge in [0, 0.05) is 23.4 Å². The Hall–Kier alpha value is -1.79. The van der Waals surface area contributed by atoms with Gasteiger partial charge in [-0.25, -0.2) is 4.79 Å². The minimum atomic E-state index is -1.21. The number of amides is 2. The zero-order chi connectivity index (χ0) is 19.1. The highest BCUT2D eigenvalue weighted by Crippen LogP contribution is 2.25. The molecule has 2 atom stereocenters. The molecule has 0 saturated heterocycles. The van der Waals surface area contributed by atoms with Gasteiger partial charge >= 0.3 is 5.97 Å². The number of carboxylic acids is 1. The molecular formula is C17H22Cl2N2O4. The van der Waals surface area contributed by atoms with E-state index in [4.69, 9.17) is 23.2 Å². The maximum Gasteiger partial charge on any atom is 0.326 e. The van der Waals surface area contributed by atoms with E-state index in [1.165, 1.54) is 6.92 Å². The zero-order valence-electron chi connectivity index (χ0n) is 14.3. The second-order valence-corrected chi connectivity index (χ2v) is 7.00. The first kappa shape index (κ1) is 21.3. The van der Waals surface area contributed by atoms with E-state index >= 15 is 0 Å². The van der Waals surface area contributed by atoms with Crippen molar-refractivity contribution in [1.82, 2.24) is 10.6 Å². The number of halogens is 2. The molecule has 1 aromatic carbocycles. The Kier molecular flexibility index (Phi) is 8.19. The van der Waals surface area contributed by atoms with Crippen molar-refractivity contribution in [3.63, 3.8) is 0 Å². The molecule has 0 aromatic heterocycles. The maximum absolute atomic E-state index is 12.4. The summed E-state index contributed by atoms with van der Waals surface area (Å²) in [4.78, 5) is 35.3. The van der Waals surface area contributed by atoms with E-state index in [1.807, 2.05) is 13.8 Å². The number of aliphatic carboxylic acids is 1. The minimum Gasteiger partial charge on any atom is -0.480 e. The van der Waals surface area contributed by atoms with E-state index in [-0.39, 0.29) is 18.2 Å². The molecule has 0 aliphatic heterocycles. The van der Waals surface area contributed by atoms with Crippen LogP contribution < -0.4 is 10.6 Å². The first-order chi connectivity index (χ1) is 11.6. The molecular weight excluding hydrogens is 367 g/mol. The van der Waals surface area contributed by atoms with Crippen molar-refractivity contribution in [2.24, 2.45) is 5.92 Å². The van der Waals surface area contributed by atoms with Crippen LogP contribution >= 0.6 is 23.2 Å². The van der Waals surface area contributed by atoms with E-state index in [1.54, 1.807) is 18.2 Å². The third-order valence-corrected chi connectivity index (χ3v) is 4.19. The second-order valence-electron chi connectivity index (χ2n) is 6.19. The van der Waals surface area contributed by atoms with E-state index in [2.05, 4.69) is 10.6 Å². The summed E-state index contributed by atoms with van der Waals surface area (Å²) in [6.45, 7) is 5.11. The van der Waals surface area contributed by atoms with Crippen LogP contribution in [0.2, 0.25) is 10.0 Å². The van der Waals surface area contributed by atoms with Gasteiger partial charge in [-0.2, -0.15) is 0 Å². The average Bonchev–Trinajstić information content (AvgIpc) is 2.47. The quantitative estimate of drug-likeness (QED) is 0.637. The molecule has 0 aliphatic rings. The SMILES string of the molecule is CC(=O)N[C@@H](CC(C)C)C(=O)N[C@H](Cc1c(Cl)cccc1Cl)C(=O)O. The van der Waals surface area contributed by atoms with E-state index < -0.39 is 24.0 Å². The number of carboxylic acid groups (broad SMARTS) is 1. The third kappa shape index (κ3) is 6.92. The van der Waals surface area contributed by atoms with Crippen LogP contribution in [0.1, 0.15) is 32.8 Å². The number of hydrogen-bond acceptors (Lipinski definition) is 3. The first-order valence-electron chi connectivity index (χ1n) is 7.85. The summed E-state index contributed by atoms with van der Waals surface area (Å²) in [5, 5.41) is 15.1. The number of hydrogen-bond donors (Lipinski definition) is 3. The Morgan fingerprint density at radius 1 is 1.08 bits per heavy atom. The van der Waals surface area contributed by atoms with Crippen LogP contribution in [-0.4, -0.2) is 35.0 Å². The van der Waals surface area contributed by atoms with Gasteiger partial charge in [0.15, 0.2) is 0 Å². The lowest BCUT2D eigenvalue weighted by molar-refractivity contribution is -0.142. The molecule has 0 saturated carbocycles. The monoisotopic (exact) mass is 388 g/mol. The van der Waals surface area contributed by atoms with Gasteiger partial charge in [-0.3, -0.25) is 9.59 Å². The van der Waals surface area contributed by atoms with Gasteiger partial charge in [-0.1, -0.05) is 43.1 Å². The molecule has 0 spiro atoms. The Morgan fingerprint density at radius 3 is 2.08 bits per heavy atom. The summed E-state index contributed by atoms with van der Waals surface area (Å²) in [7, 11) is 0. The van der Waals surface area contributed by atoms with Gasteiger partial charge in [0.1, 0.15) is 12.1 Å². The normalized spacial score (nSPS) is 13.2. The number of rotatable bonds is 8. The summed E-state index contributed by atoms with van der Waals surface area (Å²) in [5.74, 6) is -1.99. The Balaban J connectivity index is 2.93. The summed E-state index contributed by atoms with van der Waals surface area (Å²) < 4.78 is 0. The van der Waals surface area contributed by atoms with Crippen LogP contribution in [0.5, 0.6) is 0 Å². The standard InChI is InChI=1S/C17H22Cl2N2O4/c1-9(2)7-14(20-10(3)22)16(23)21-15(17(24)25)8-11-12(18)5-4-6-13(11)19/h4-6,9,14-15H,7-8H2,1-3H3,(H,20,22)(H,21,23)(H,24,25)/t14-,15+/m0/s1. The molecule has 1 aromatic rings. The molecule has 1 rings (SSSR count). The second kappa shape index (κ2) is 9.63. The Morgan fingerprint density at radius 2 is 1.64 bits per heavy atom. The zero-order valence-corrected chi connectivity index (χ0v) is 15.8. The van der Waals surface area contributed by atoms with Crippen LogP contribution in [0.4, 0.5) is 0 Å². The molecule has 0 radical (unpaired) electrons. The number of carbonyl (C=O) groups excluding carboxylic acids is 2. The number of nitrogens with one attached hydrogen (secondary N) is 2. The molecule has 6 nitrogen and oxygen atoms in total. The largest absolute Gasteiger partial charge is 0.480 e. The van der Waals surface area contributed by atoms with Crippen LogP contribution in [0.3, 0.4) is 0 Å². The van der Waals surface area contributed by atoms with Crippen molar-refractivity contribution in [3.05, 3.63) is 33.8 Å². The molecule has 0 fully saturated rings. The van der Waals surface area contributed by atoms with E-state index in [0.29, 0.717) is 22.0 Å². The minimum absolute atomic E-state index is 0.0615. The van der Waals surface area contributed by atoms with Gasteiger partial charge in [0.05, 0.1) is 0 Å². The molecule has 25 heavy (non-hydrogen) atoms. The van der Waals surface area contributed by atoms with Crippen molar-refractivity contribution < 1.29 is 19.5 Å². The Labute approximate surface area is 156 Å². The van der Waals surface area contributed by atoms with Crippen LogP contribution in [0.25, 0.3) is 0 Å². The molecule has 0 unspecified atom stereocenters. The maximum atomic E-state index is 12.4. The smallest absolute Gasteiger partial charge is 0.326 e. The predicted molar refractivity (Wildman–Crippen MR) is 96.8 cm³/mol. The highest BCUT2D eigenvalue weighted by Gasteiger charge is 2.27. The van der Waals surface area contributed by atoms with Crippen LogP contribution in [0.15, 0.2) is 18.2 Å². The van der Waals surface area contributed by atoms with Crippen molar-refractivity contribution in [1.29, 1.82) is 0 Å². The first-order valence-corrected chi connectivity index (χ1v) is 8.60. The van der Waals surface area contributed by atoms with Gasteiger partial charge < -0.3 is 15.7 Å². The predicted octanol–water partition coefficient (Wildman–Crippen LogP) is 2.66. The molecule has 138 valence electrons. The van der Waals surface area contributed by atoms with Crippen LogP contribution in [-0.2, 0) is 20.8 Å². The molecule has 2 amide bonds. The molecule has 8 heteroatoms. The summed E-state index contributed by atoms with van der Waals surface area (Å²) in [6, 6.07) is 2.83. The topological polar surface area (TPSA) is 95.5 Å². The highest BCUT2D eigenvalue weighted by atomic mass is 35.5. The molecule has 0 bridgehead atoms. The molecule has 3 N–H and O–H groups in total. The van der Waals surface area contributed by atoms with Crippen molar-refractivity contribution >= 4 is 41.0 Å². The molecule has 0 aliphatic carbocycles. The van der Waals surface area contributed by atoms with Gasteiger partial charge in [0.25, 0.3) is 0 Å². The fourth-order valence-corrected chi connectivity index (χ4v) is 2.90. The van der Waals surface area contributed by atoms with Gasteiger partial charge in [0.2, 0.25) is 11.8 Å². The van der Waals surface area contributed by atoms with Crippen molar-refractivity contribution in [2.45, 2.75) is 45.7 Å². The lowest BCUT2D eigenvalue weighted by Gasteiger charge is -2.22. The summed E-state index contributed by atoms with van der Waals surface area (Å²) >= 11 is 12.1. The number of benzene rings is 1. The van der Waals surface area contributed by atoms with Crippen molar-refractivity contribution in [2.75, 3.05) is 0 Å². The van der Waals surface area contributed by atoms with Gasteiger partial charge in [-0.15, -0.1) is 0 Å². The summed E-state index contributed by atoms with van der Waals surface area (Å²) in [6.07, 6.45) is 0.332. The summed E-state index contributed by atoms with van der Waals surface area (Å²) in [5.41, 5.74) is 0.443. The van der Waals surface area contributed by atoms with Gasteiger partial charge in [-0.05, 0) is 30.0 Å². The fraction of sp³-hybridized carbons (Fsp3) is 0.471. The highest BCUT2D eigenvalue weighted by molar-refractivity contribution is 6.36. The van der Waals surface area contributed by atoms with E-state index in [0.717, 1.165) is 0 Å². The molecule has 0 heterocycles. The lowest BCUT2D eigenvalue weighted by Crippen LogP contribution is -2.52. The lowest BCUT2D eigenvalue weighted by atomic mass is 10.0. The van der Waals surface area contributed by atoms with Crippen LogP contribution in [0, 0.1) is 5.92 Å². The van der Waals surface area contributed by atoms with E-state index in [9.17, 15) is 19.5 Å². The Bertz CT molecular complexity index is 629. The fourth-order valence-electron chi connectivity index (χ4n) is 2.35. The van der Waals surface area contributed by atoms with Crippen molar-refractivity contribution in [3.8, 4) is 0 Å². The number of carbonyl (C=O) groups is 3.